The zero-order chi connectivity index (χ0) is 31.7. The summed E-state index contributed by atoms with van der Waals surface area (Å²) in [4.78, 5) is 41.6. The summed E-state index contributed by atoms with van der Waals surface area (Å²) in [6, 6.07) is 0.939. The summed E-state index contributed by atoms with van der Waals surface area (Å²) >= 11 is 1.11. The number of carbonyl (C=O) groups excluding carboxylic acids is 1. The van der Waals surface area contributed by atoms with Crippen LogP contribution < -0.4 is 11.1 Å². The van der Waals surface area contributed by atoms with E-state index in [0.29, 0.717) is 5.69 Å². The second-order valence-electron chi connectivity index (χ2n) is 10.8. The number of anilines is 2. The molecule has 11 nitrogen and oxygen atoms in total. The monoisotopic (exact) mass is 628 g/mol. The molecule has 0 saturated carbocycles. The van der Waals surface area contributed by atoms with Crippen LogP contribution in [0.3, 0.4) is 0 Å². The van der Waals surface area contributed by atoms with Crippen molar-refractivity contribution in [1.82, 2.24) is 29.7 Å². The molecule has 43 heavy (non-hydrogen) atoms. The first-order valence-electron chi connectivity index (χ1n) is 12.5. The SMILES string of the molecule is CC(C)(Cc1csc([C@@]2(C)C(=O)Nc3nc(-c4nn(CCC(F)(F)C(F)(F)F)c5ncc(F)cc45)nc(N)c32)n1)C(=O)O. The van der Waals surface area contributed by atoms with Crippen LogP contribution in [-0.4, -0.2) is 58.8 Å². The summed E-state index contributed by atoms with van der Waals surface area (Å²) in [6.07, 6.45) is -6.61. The van der Waals surface area contributed by atoms with E-state index >= 15 is 0 Å². The van der Waals surface area contributed by atoms with E-state index in [-0.39, 0.29) is 51.2 Å². The lowest BCUT2D eigenvalue weighted by Gasteiger charge is -2.20. The second-order valence-corrected chi connectivity index (χ2v) is 11.7. The number of rotatable bonds is 8. The van der Waals surface area contributed by atoms with Crippen LogP contribution in [0.25, 0.3) is 22.6 Å². The molecule has 228 valence electrons. The van der Waals surface area contributed by atoms with Crippen molar-refractivity contribution in [3.05, 3.63) is 39.7 Å². The van der Waals surface area contributed by atoms with Gasteiger partial charge in [-0.2, -0.15) is 27.1 Å². The van der Waals surface area contributed by atoms with Gasteiger partial charge in [-0.15, -0.1) is 11.3 Å². The number of nitrogen functional groups attached to an aromatic ring is 1. The molecule has 0 aliphatic carbocycles. The van der Waals surface area contributed by atoms with Crippen LogP contribution >= 0.6 is 11.3 Å². The van der Waals surface area contributed by atoms with Crippen molar-refractivity contribution in [2.24, 2.45) is 5.41 Å². The molecule has 4 aromatic rings. The average Bonchev–Trinajstić information content (AvgIpc) is 3.57. The predicted octanol–water partition coefficient (Wildman–Crippen LogP) is 4.57. The number of pyridine rings is 1. The summed E-state index contributed by atoms with van der Waals surface area (Å²) in [7, 11) is 0. The highest BCUT2D eigenvalue weighted by Crippen LogP contribution is 2.46. The van der Waals surface area contributed by atoms with Crippen LogP contribution in [0.4, 0.5) is 38.0 Å². The molecule has 1 aliphatic heterocycles. The number of nitrogens with two attached hydrogens (primary N) is 1. The van der Waals surface area contributed by atoms with Crippen molar-refractivity contribution >= 4 is 45.9 Å². The van der Waals surface area contributed by atoms with E-state index in [0.717, 1.165) is 28.3 Å². The van der Waals surface area contributed by atoms with E-state index in [2.05, 4.69) is 30.4 Å². The Labute approximate surface area is 242 Å². The summed E-state index contributed by atoms with van der Waals surface area (Å²) < 4.78 is 80.3. The quantitative estimate of drug-likeness (QED) is 0.238. The van der Waals surface area contributed by atoms with Crippen molar-refractivity contribution in [2.45, 2.75) is 57.7 Å². The van der Waals surface area contributed by atoms with Gasteiger partial charge in [-0.05, 0) is 26.8 Å². The molecule has 5 heterocycles. The molecule has 0 saturated heterocycles. The molecule has 1 amide bonds. The van der Waals surface area contributed by atoms with Gasteiger partial charge >= 0.3 is 18.1 Å². The van der Waals surface area contributed by atoms with Crippen molar-refractivity contribution in [2.75, 3.05) is 11.1 Å². The normalized spacial score (nSPS) is 17.4. The highest BCUT2D eigenvalue weighted by atomic mass is 32.1. The Morgan fingerprint density at radius 1 is 1.19 bits per heavy atom. The first-order valence-corrected chi connectivity index (χ1v) is 13.4. The molecular formula is C25H22F6N8O3S. The number of carboxylic acids is 1. The number of carbonyl (C=O) groups is 2. The number of thiazole rings is 1. The topological polar surface area (TPSA) is 162 Å². The van der Waals surface area contributed by atoms with Gasteiger partial charge in [-0.1, -0.05) is 0 Å². The van der Waals surface area contributed by atoms with E-state index in [4.69, 9.17) is 5.73 Å². The van der Waals surface area contributed by atoms with Gasteiger partial charge in [0.05, 0.1) is 28.3 Å². The lowest BCUT2D eigenvalue weighted by molar-refractivity contribution is -0.285. The number of alkyl halides is 5. The number of aromatic nitrogens is 6. The summed E-state index contributed by atoms with van der Waals surface area (Å²) in [6.45, 7) is 3.68. The lowest BCUT2D eigenvalue weighted by atomic mass is 9.85. The smallest absolute Gasteiger partial charge is 0.453 e. The highest BCUT2D eigenvalue weighted by molar-refractivity contribution is 7.10. The second kappa shape index (κ2) is 9.85. The number of fused-ring (bicyclic) bond motifs is 2. The highest BCUT2D eigenvalue weighted by Gasteiger charge is 2.57. The molecule has 1 aliphatic rings. The molecule has 4 N–H and O–H groups in total. The molecular weight excluding hydrogens is 606 g/mol. The maximum Gasteiger partial charge on any atom is 0.453 e. The molecule has 0 radical (unpaired) electrons. The maximum atomic E-state index is 14.1. The molecule has 0 unspecified atom stereocenters. The van der Waals surface area contributed by atoms with Crippen LogP contribution in [-0.2, 0) is 28.0 Å². The minimum absolute atomic E-state index is 0.0479. The predicted molar refractivity (Wildman–Crippen MR) is 141 cm³/mol. The van der Waals surface area contributed by atoms with Gasteiger partial charge in [0.15, 0.2) is 11.5 Å². The van der Waals surface area contributed by atoms with E-state index in [1.165, 1.54) is 20.8 Å². The fourth-order valence-corrected chi connectivity index (χ4v) is 5.59. The van der Waals surface area contributed by atoms with Crippen molar-refractivity contribution < 1.29 is 41.0 Å². The van der Waals surface area contributed by atoms with Gasteiger partial charge in [0.1, 0.15) is 33.6 Å². The summed E-state index contributed by atoms with van der Waals surface area (Å²) in [5, 5.41) is 17.9. The molecule has 4 aromatic heterocycles. The Morgan fingerprint density at radius 2 is 1.88 bits per heavy atom. The van der Waals surface area contributed by atoms with E-state index < -0.39 is 53.6 Å². The maximum absolute atomic E-state index is 14.1. The standard InChI is InChI=1S/C25H22F6N8O3S/c1-22(2,21(41)42)7-11-9-43-20(34-11)23(3)13-15(32)35-17(36-16(13)37-19(23)40)14-12-6-10(26)8-33-18(12)39(38-14)5-4-24(27,28)25(29,30)31/h6,8-9H,4-5,7H2,1-3H3,(H,41,42)(H3,32,35,36,37,40)/t23-/m1/s1. The van der Waals surface area contributed by atoms with E-state index in [1.54, 1.807) is 5.38 Å². The number of halogens is 6. The molecule has 0 aromatic carbocycles. The van der Waals surface area contributed by atoms with Gasteiger partial charge in [0.25, 0.3) is 0 Å². The Balaban J connectivity index is 1.55. The van der Waals surface area contributed by atoms with Crippen molar-refractivity contribution in [3.8, 4) is 11.5 Å². The van der Waals surface area contributed by atoms with E-state index in [9.17, 15) is 41.0 Å². The fourth-order valence-electron chi connectivity index (χ4n) is 4.61. The number of amides is 1. The third kappa shape index (κ3) is 5.02. The number of nitrogens with one attached hydrogen (secondary N) is 1. The minimum atomic E-state index is -5.79. The number of carboxylic acid groups (broad SMARTS) is 1. The van der Waals surface area contributed by atoms with Gasteiger partial charge in [0, 0.05) is 24.8 Å². The third-order valence-electron chi connectivity index (χ3n) is 7.12. The van der Waals surface area contributed by atoms with Gasteiger partial charge in [-0.25, -0.2) is 29.0 Å². The Bertz CT molecular complexity index is 1790. The first kappa shape index (κ1) is 30.1. The number of nitrogens with zero attached hydrogens (tertiary/aromatic N) is 6. The van der Waals surface area contributed by atoms with Crippen LogP contribution in [0.2, 0.25) is 0 Å². The van der Waals surface area contributed by atoms with Gasteiger partial charge in [-0.3, -0.25) is 9.59 Å². The molecule has 1 atom stereocenters. The Morgan fingerprint density at radius 3 is 2.53 bits per heavy atom. The van der Waals surface area contributed by atoms with Crippen molar-refractivity contribution in [3.63, 3.8) is 0 Å². The molecule has 0 fully saturated rings. The number of aryl methyl sites for hydroxylation is 1. The van der Waals surface area contributed by atoms with Crippen LogP contribution in [0.1, 0.15) is 43.5 Å². The van der Waals surface area contributed by atoms with Crippen LogP contribution in [0, 0.1) is 11.2 Å². The largest absolute Gasteiger partial charge is 0.481 e. The summed E-state index contributed by atoms with van der Waals surface area (Å²) in [5.41, 5.74) is 3.85. The van der Waals surface area contributed by atoms with Gasteiger partial charge in [0.2, 0.25) is 5.91 Å². The third-order valence-corrected chi connectivity index (χ3v) is 8.24. The van der Waals surface area contributed by atoms with Crippen LogP contribution in [0.15, 0.2) is 17.6 Å². The van der Waals surface area contributed by atoms with Gasteiger partial charge < -0.3 is 16.2 Å². The number of hydrogen-bond acceptors (Lipinski definition) is 9. The lowest BCUT2D eigenvalue weighted by Crippen LogP contribution is -2.37. The Hall–Kier alpha value is -4.35. The Kier molecular flexibility index (Phi) is 6.90. The zero-order valence-electron chi connectivity index (χ0n) is 22.6. The zero-order valence-corrected chi connectivity index (χ0v) is 23.4. The number of aliphatic carboxylic acids is 1. The fraction of sp³-hybridized carbons (Fsp3) is 0.400. The average molecular weight is 629 g/mol. The first-order chi connectivity index (χ1) is 19.8. The minimum Gasteiger partial charge on any atom is -0.481 e. The number of hydrogen-bond donors (Lipinski definition) is 3. The molecule has 18 heteroatoms. The molecule has 0 spiro atoms. The summed E-state index contributed by atoms with van der Waals surface area (Å²) in [5.74, 6) is -8.00. The van der Waals surface area contributed by atoms with Crippen LogP contribution in [0.5, 0.6) is 0 Å². The molecule has 5 rings (SSSR count). The molecule has 0 bridgehead atoms. The van der Waals surface area contributed by atoms with E-state index in [1.807, 2.05) is 0 Å². The van der Waals surface area contributed by atoms with Crippen molar-refractivity contribution in [1.29, 1.82) is 0 Å².